The second-order valence-corrected chi connectivity index (χ2v) is 3.85. The van der Waals surface area contributed by atoms with Crippen LogP contribution in [0.25, 0.3) is 6.08 Å². The lowest BCUT2D eigenvalue weighted by Gasteiger charge is -2.00. The van der Waals surface area contributed by atoms with E-state index >= 15 is 0 Å². The largest absolute Gasteiger partial charge is 0.240 e. The standard InChI is InChI=1S/C16H13NO/c18-13-17-16-12-5-4-10-15(16)11-6-9-14-7-2-1-3-8-14/h1-10,12H,11H2/b9-6+. The van der Waals surface area contributed by atoms with Crippen LogP contribution in [-0.2, 0) is 11.2 Å². The molecule has 0 N–H and O–H groups in total. The summed E-state index contributed by atoms with van der Waals surface area (Å²) in [7, 11) is 0. The molecular formula is C16H13NO. The van der Waals surface area contributed by atoms with Gasteiger partial charge in [-0.05, 0) is 23.6 Å². The highest BCUT2D eigenvalue weighted by Crippen LogP contribution is 2.19. The highest BCUT2D eigenvalue weighted by molar-refractivity contribution is 5.55. The number of aliphatic imine (C=N–C) groups is 1. The van der Waals surface area contributed by atoms with Crippen molar-refractivity contribution in [1.82, 2.24) is 0 Å². The first kappa shape index (κ1) is 12.0. The number of allylic oxidation sites excluding steroid dienone is 1. The van der Waals surface area contributed by atoms with E-state index in [1.807, 2.05) is 54.6 Å². The summed E-state index contributed by atoms with van der Waals surface area (Å²) in [4.78, 5) is 14.0. The molecule has 88 valence electrons. The zero-order chi connectivity index (χ0) is 12.6. The Bertz CT molecular complexity index is 581. The highest BCUT2D eigenvalue weighted by atomic mass is 16.1. The molecule has 0 fully saturated rings. The van der Waals surface area contributed by atoms with Crippen molar-refractivity contribution in [2.45, 2.75) is 6.42 Å². The second kappa shape index (κ2) is 6.33. The number of rotatable bonds is 4. The van der Waals surface area contributed by atoms with Gasteiger partial charge >= 0.3 is 0 Å². The molecule has 0 spiro atoms. The Morgan fingerprint density at radius 3 is 2.50 bits per heavy atom. The predicted molar refractivity (Wildman–Crippen MR) is 73.4 cm³/mol. The molecule has 0 aliphatic heterocycles. The smallest absolute Gasteiger partial charge is 0.211 e. The number of nitrogens with zero attached hydrogens (tertiary/aromatic N) is 1. The molecule has 0 heterocycles. The number of carbonyl (C=O) groups excluding carboxylic acids is 1. The zero-order valence-electron chi connectivity index (χ0n) is 9.91. The summed E-state index contributed by atoms with van der Waals surface area (Å²) in [5.74, 6) is 0. The summed E-state index contributed by atoms with van der Waals surface area (Å²) in [6, 6.07) is 17.7. The van der Waals surface area contributed by atoms with E-state index in [0.29, 0.717) is 5.69 Å². The van der Waals surface area contributed by atoms with Crippen LogP contribution in [0.2, 0.25) is 0 Å². The van der Waals surface area contributed by atoms with Crippen LogP contribution in [0.4, 0.5) is 5.69 Å². The molecule has 0 bridgehead atoms. The lowest BCUT2D eigenvalue weighted by Crippen LogP contribution is -1.81. The Morgan fingerprint density at radius 1 is 1.00 bits per heavy atom. The molecule has 2 rings (SSSR count). The second-order valence-electron chi connectivity index (χ2n) is 3.85. The van der Waals surface area contributed by atoms with Gasteiger partial charge in [0, 0.05) is 0 Å². The van der Waals surface area contributed by atoms with E-state index in [4.69, 9.17) is 0 Å². The Kier molecular flexibility index (Phi) is 4.23. The van der Waals surface area contributed by atoms with Crippen molar-refractivity contribution in [2.75, 3.05) is 0 Å². The van der Waals surface area contributed by atoms with Crippen LogP contribution in [0.3, 0.4) is 0 Å². The van der Waals surface area contributed by atoms with Crippen LogP contribution >= 0.6 is 0 Å². The molecule has 0 amide bonds. The van der Waals surface area contributed by atoms with Crippen LogP contribution in [0, 0.1) is 0 Å². The lowest BCUT2D eigenvalue weighted by molar-refractivity contribution is 0.565. The maximum Gasteiger partial charge on any atom is 0.240 e. The van der Waals surface area contributed by atoms with Crippen molar-refractivity contribution in [2.24, 2.45) is 4.99 Å². The van der Waals surface area contributed by atoms with E-state index in [9.17, 15) is 4.79 Å². The van der Waals surface area contributed by atoms with Crippen molar-refractivity contribution in [3.05, 3.63) is 71.8 Å². The van der Waals surface area contributed by atoms with E-state index in [2.05, 4.69) is 17.1 Å². The number of isocyanates is 1. The molecule has 0 saturated carbocycles. The van der Waals surface area contributed by atoms with Crippen molar-refractivity contribution >= 4 is 17.8 Å². The molecule has 2 aromatic carbocycles. The van der Waals surface area contributed by atoms with Gasteiger partial charge in [0.2, 0.25) is 6.08 Å². The maximum absolute atomic E-state index is 10.3. The van der Waals surface area contributed by atoms with Gasteiger partial charge in [-0.3, -0.25) is 0 Å². The Hall–Kier alpha value is -2.44. The molecule has 0 atom stereocenters. The van der Waals surface area contributed by atoms with Gasteiger partial charge in [0.1, 0.15) is 0 Å². The quantitative estimate of drug-likeness (QED) is 0.583. The van der Waals surface area contributed by atoms with Crippen LogP contribution in [0.5, 0.6) is 0 Å². The topological polar surface area (TPSA) is 29.4 Å². The highest BCUT2D eigenvalue weighted by Gasteiger charge is 1.97. The first-order chi connectivity index (χ1) is 8.90. The Morgan fingerprint density at radius 2 is 1.72 bits per heavy atom. The predicted octanol–water partition coefficient (Wildman–Crippen LogP) is 3.91. The maximum atomic E-state index is 10.3. The lowest BCUT2D eigenvalue weighted by atomic mass is 10.1. The number of benzene rings is 2. The van der Waals surface area contributed by atoms with Gasteiger partial charge < -0.3 is 0 Å². The first-order valence-corrected chi connectivity index (χ1v) is 5.77. The minimum absolute atomic E-state index is 0.685. The van der Waals surface area contributed by atoms with E-state index in [-0.39, 0.29) is 0 Å². The molecule has 0 aliphatic carbocycles. The van der Waals surface area contributed by atoms with E-state index < -0.39 is 0 Å². The van der Waals surface area contributed by atoms with Gasteiger partial charge in [0.05, 0.1) is 5.69 Å². The number of para-hydroxylation sites is 1. The van der Waals surface area contributed by atoms with Gasteiger partial charge in [0.25, 0.3) is 0 Å². The molecular weight excluding hydrogens is 222 g/mol. The first-order valence-electron chi connectivity index (χ1n) is 5.77. The normalized spacial score (nSPS) is 10.2. The van der Waals surface area contributed by atoms with Gasteiger partial charge in [0.15, 0.2) is 0 Å². The van der Waals surface area contributed by atoms with Gasteiger partial charge in [-0.15, -0.1) is 0 Å². The molecule has 2 aromatic rings. The number of hydrogen-bond donors (Lipinski definition) is 0. The minimum atomic E-state index is 0.685. The Labute approximate surface area is 106 Å². The SMILES string of the molecule is O=C=Nc1ccccc1C/C=C/c1ccccc1. The zero-order valence-corrected chi connectivity index (χ0v) is 9.91. The average molecular weight is 235 g/mol. The third-order valence-electron chi connectivity index (χ3n) is 2.61. The summed E-state index contributed by atoms with van der Waals surface area (Å²) >= 11 is 0. The van der Waals surface area contributed by atoms with Crippen molar-refractivity contribution in [1.29, 1.82) is 0 Å². The molecule has 0 unspecified atom stereocenters. The van der Waals surface area contributed by atoms with Gasteiger partial charge in [-0.1, -0.05) is 60.7 Å². The van der Waals surface area contributed by atoms with Gasteiger partial charge in [-0.2, -0.15) is 4.99 Å². The summed E-state index contributed by atoms with van der Waals surface area (Å²) < 4.78 is 0. The van der Waals surface area contributed by atoms with Gasteiger partial charge in [-0.25, -0.2) is 4.79 Å². The van der Waals surface area contributed by atoms with Crippen LogP contribution in [0.15, 0.2) is 65.7 Å². The van der Waals surface area contributed by atoms with Crippen LogP contribution in [-0.4, -0.2) is 6.08 Å². The summed E-state index contributed by atoms with van der Waals surface area (Å²) in [6.45, 7) is 0. The molecule has 2 heteroatoms. The molecule has 0 aromatic heterocycles. The fourth-order valence-electron chi connectivity index (χ4n) is 1.73. The van der Waals surface area contributed by atoms with Crippen LogP contribution in [0.1, 0.15) is 11.1 Å². The molecule has 18 heavy (non-hydrogen) atoms. The van der Waals surface area contributed by atoms with Crippen molar-refractivity contribution in [3.63, 3.8) is 0 Å². The summed E-state index contributed by atoms with van der Waals surface area (Å²) in [6.07, 6.45) is 6.45. The average Bonchev–Trinajstić information content (AvgIpc) is 2.42. The molecule has 0 radical (unpaired) electrons. The summed E-state index contributed by atoms with van der Waals surface area (Å²) in [5, 5.41) is 0. The molecule has 0 aliphatic rings. The fourth-order valence-corrected chi connectivity index (χ4v) is 1.73. The van der Waals surface area contributed by atoms with Crippen LogP contribution < -0.4 is 0 Å². The third kappa shape index (κ3) is 3.27. The summed E-state index contributed by atoms with van der Waals surface area (Å²) in [5.41, 5.74) is 2.87. The van der Waals surface area contributed by atoms with E-state index in [1.54, 1.807) is 6.08 Å². The van der Waals surface area contributed by atoms with E-state index in [0.717, 1.165) is 17.5 Å². The molecule has 0 saturated heterocycles. The van der Waals surface area contributed by atoms with Crippen molar-refractivity contribution < 1.29 is 4.79 Å². The Balaban J connectivity index is 2.11. The van der Waals surface area contributed by atoms with Crippen molar-refractivity contribution in [3.8, 4) is 0 Å². The molecule has 2 nitrogen and oxygen atoms in total. The monoisotopic (exact) mass is 235 g/mol. The van der Waals surface area contributed by atoms with E-state index in [1.165, 1.54) is 0 Å². The minimum Gasteiger partial charge on any atom is -0.211 e. The third-order valence-corrected chi connectivity index (χ3v) is 2.61. The number of hydrogen-bond acceptors (Lipinski definition) is 2. The fraction of sp³-hybridized carbons (Fsp3) is 0.0625.